The number of carbonyl (C=O) groups excluding carboxylic acids is 1. The fourth-order valence-electron chi connectivity index (χ4n) is 5.56. The molecule has 1 saturated heterocycles. The highest BCUT2D eigenvalue weighted by molar-refractivity contribution is 7.89. The lowest BCUT2D eigenvalue weighted by molar-refractivity contribution is -0.141. The highest BCUT2D eigenvalue weighted by Crippen LogP contribution is 2.37. The number of amides is 1. The summed E-state index contributed by atoms with van der Waals surface area (Å²) < 4.78 is 70.4. The molecule has 1 saturated carbocycles. The predicted molar refractivity (Wildman–Crippen MR) is 156 cm³/mol. The number of sulfonamides is 1. The zero-order valence-electron chi connectivity index (χ0n) is 22.9. The Hall–Kier alpha value is -3.67. The van der Waals surface area contributed by atoms with E-state index in [9.17, 15) is 26.4 Å². The van der Waals surface area contributed by atoms with Gasteiger partial charge in [-0.2, -0.15) is 22.6 Å². The molecule has 1 aliphatic carbocycles. The molecular weight excluding hydrogens is 601 g/mol. The summed E-state index contributed by atoms with van der Waals surface area (Å²) in [5, 5.41) is 4.02. The van der Waals surface area contributed by atoms with E-state index in [4.69, 9.17) is 11.6 Å². The van der Waals surface area contributed by atoms with Crippen LogP contribution in [0.4, 0.5) is 13.2 Å². The molecule has 1 aliphatic heterocycles. The highest BCUT2D eigenvalue weighted by Gasteiger charge is 2.43. The Kier molecular flexibility index (Phi) is 7.82. The monoisotopic (exact) mass is 628 g/mol. The maximum absolute atomic E-state index is 13.6. The van der Waals surface area contributed by atoms with Crippen LogP contribution in [0, 0.1) is 0 Å². The fourth-order valence-corrected chi connectivity index (χ4v) is 7.72. The smallest absolute Gasteiger partial charge is 0.339 e. The third-order valence-electron chi connectivity index (χ3n) is 7.85. The standard InChI is InChI=1S/C31H28ClF3N4O3S/c32-26-8-4-5-9-27(26)38-28(20-29(36-38)31(33,34)35)21-10-12-22(13-11-21)30(40)37-18-16-24(17-19-37)39(23-14-15-23)43(41,42)25-6-2-1-3-7-25/h1-13,20,23-24H,14-19H2. The van der Waals surface area contributed by atoms with Crippen molar-refractivity contribution in [2.75, 3.05) is 13.1 Å². The molecule has 2 fully saturated rings. The molecular formula is C31H28ClF3N4O3S. The summed E-state index contributed by atoms with van der Waals surface area (Å²) in [6, 6.07) is 22.0. The Morgan fingerprint density at radius 2 is 1.47 bits per heavy atom. The van der Waals surface area contributed by atoms with Crippen molar-refractivity contribution in [1.29, 1.82) is 0 Å². The molecule has 0 bridgehead atoms. The first-order chi connectivity index (χ1) is 20.5. The van der Waals surface area contributed by atoms with Gasteiger partial charge in [0.2, 0.25) is 10.0 Å². The molecule has 12 heteroatoms. The van der Waals surface area contributed by atoms with E-state index < -0.39 is 21.9 Å². The normalized spacial score (nSPS) is 16.5. The zero-order chi connectivity index (χ0) is 30.4. The fraction of sp³-hybridized carbons (Fsp3) is 0.290. The van der Waals surface area contributed by atoms with Gasteiger partial charge < -0.3 is 4.90 Å². The number of halogens is 4. The summed E-state index contributed by atoms with van der Waals surface area (Å²) in [6.07, 6.45) is -1.96. The van der Waals surface area contributed by atoms with Crippen molar-refractivity contribution in [2.45, 2.75) is 48.8 Å². The number of para-hydroxylation sites is 1. The van der Waals surface area contributed by atoms with Crippen LogP contribution in [0.15, 0.2) is 89.8 Å². The topological polar surface area (TPSA) is 75.5 Å². The van der Waals surface area contributed by atoms with Crippen LogP contribution in [0.3, 0.4) is 0 Å². The first kappa shape index (κ1) is 29.4. The maximum atomic E-state index is 13.6. The van der Waals surface area contributed by atoms with Crippen LogP contribution >= 0.6 is 11.6 Å². The van der Waals surface area contributed by atoms with Gasteiger partial charge in [-0.15, -0.1) is 0 Å². The number of alkyl halides is 3. The lowest BCUT2D eigenvalue weighted by Gasteiger charge is -2.38. The van der Waals surface area contributed by atoms with Gasteiger partial charge in [0.1, 0.15) is 0 Å². The van der Waals surface area contributed by atoms with Crippen molar-refractivity contribution in [1.82, 2.24) is 19.0 Å². The largest absolute Gasteiger partial charge is 0.435 e. The first-order valence-corrected chi connectivity index (χ1v) is 15.8. The van der Waals surface area contributed by atoms with Gasteiger partial charge in [-0.1, -0.05) is 54.1 Å². The number of likely N-dealkylation sites (tertiary alicyclic amines) is 1. The molecule has 2 aliphatic rings. The second kappa shape index (κ2) is 11.4. The molecule has 224 valence electrons. The molecule has 6 rings (SSSR count). The van der Waals surface area contributed by atoms with Crippen LogP contribution in [0.25, 0.3) is 16.9 Å². The van der Waals surface area contributed by atoms with Crippen molar-refractivity contribution >= 4 is 27.5 Å². The van der Waals surface area contributed by atoms with Gasteiger partial charge in [-0.3, -0.25) is 4.79 Å². The third kappa shape index (κ3) is 5.93. The van der Waals surface area contributed by atoms with E-state index in [-0.39, 0.29) is 33.6 Å². The van der Waals surface area contributed by atoms with Gasteiger partial charge >= 0.3 is 6.18 Å². The average molecular weight is 629 g/mol. The molecule has 1 aromatic heterocycles. The van der Waals surface area contributed by atoms with Gasteiger partial charge in [-0.05, 0) is 68.1 Å². The molecule has 0 radical (unpaired) electrons. The van der Waals surface area contributed by atoms with Gasteiger partial charge in [0, 0.05) is 36.3 Å². The van der Waals surface area contributed by atoms with Gasteiger partial charge in [0.15, 0.2) is 5.69 Å². The van der Waals surface area contributed by atoms with Crippen LogP contribution in [0.1, 0.15) is 41.7 Å². The number of rotatable bonds is 7. The molecule has 0 unspecified atom stereocenters. The first-order valence-electron chi connectivity index (χ1n) is 13.9. The Bertz CT molecular complexity index is 1730. The molecule has 4 aromatic rings. The van der Waals surface area contributed by atoms with E-state index in [0.717, 1.165) is 23.6 Å². The molecule has 2 heterocycles. The van der Waals surface area contributed by atoms with E-state index >= 15 is 0 Å². The number of hydrogen-bond acceptors (Lipinski definition) is 4. The molecule has 1 amide bonds. The quantitative estimate of drug-likeness (QED) is 0.229. The molecule has 0 spiro atoms. The summed E-state index contributed by atoms with van der Waals surface area (Å²) in [7, 11) is -3.65. The van der Waals surface area contributed by atoms with Gasteiger partial charge in [-0.25, -0.2) is 13.1 Å². The average Bonchev–Trinajstić information content (AvgIpc) is 3.72. The van der Waals surface area contributed by atoms with E-state index in [0.29, 0.717) is 42.7 Å². The lowest BCUT2D eigenvalue weighted by atomic mass is 10.0. The number of aromatic nitrogens is 2. The summed E-state index contributed by atoms with van der Waals surface area (Å²) in [5.41, 5.74) is 0.245. The minimum absolute atomic E-state index is 0.0120. The van der Waals surface area contributed by atoms with E-state index in [1.54, 1.807) is 88.1 Å². The van der Waals surface area contributed by atoms with Gasteiger partial charge in [0.05, 0.1) is 21.3 Å². The van der Waals surface area contributed by atoms with Crippen molar-refractivity contribution in [3.05, 3.63) is 101 Å². The number of nitrogens with zero attached hydrogens (tertiary/aromatic N) is 4. The van der Waals surface area contributed by atoms with E-state index in [1.807, 2.05) is 0 Å². The highest BCUT2D eigenvalue weighted by atomic mass is 35.5. The summed E-state index contributed by atoms with van der Waals surface area (Å²) >= 11 is 6.27. The van der Waals surface area contributed by atoms with Crippen molar-refractivity contribution < 1.29 is 26.4 Å². The Balaban J connectivity index is 1.19. The summed E-state index contributed by atoms with van der Waals surface area (Å²) in [6.45, 7) is 0.792. The lowest BCUT2D eigenvalue weighted by Crippen LogP contribution is -2.49. The van der Waals surface area contributed by atoms with Crippen molar-refractivity contribution in [3.8, 4) is 16.9 Å². The Morgan fingerprint density at radius 1 is 0.860 bits per heavy atom. The Morgan fingerprint density at radius 3 is 2.07 bits per heavy atom. The van der Waals surface area contributed by atoms with Crippen LogP contribution in [0.2, 0.25) is 5.02 Å². The molecule has 7 nitrogen and oxygen atoms in total. The number of piperidine rings is 1. The van der Waals surface area contributed by atoms with Gasteiger partial charge in [0.25, 0.3) is 5.91 Å². The predicted octanol–water partition coefficient (Wildman–Crippen LogP) is 6.67. The molecule has 43 heavy (non-hydrogen) atoms. The Labute approximate surface area is 252 Å². The number of carbonyl (C=O) groups is 1. The van der Waals surface area contributed by atoms with Crippen molar-refractivity contribution in [3.63, 3.8) is 0 Å². The summed E-state index contributed by atoms with van der Waals surface area (Å²) in [4.78, 5) is 15.3. The van der Waals surface area contributed by atoms with Crippen LogP contribution in [0.5, 0.6) is 0 Å². The van der Waals surface area contributed by atoms with Crippen LogP contribution in [-0.2, 0) is 16.2 Å². The molecule has 3 aromatic carbocycles. The number of hydrogen-bond donors (Lipinski definition) is 0. The van der Waals surface area contributed by atoms with E-state index in [1.165, 1.54) is 0 Å². The molecule has 0 atom stereocenters. The zero-order valence-corrected chi connectivity index (χ0v) is 24.5. The second-order valence-electron chi connectivity index (χ2n) is 10.8. The summed E-state index contributed by atoms with van der Waals surface area (Å²) in [5.74, 6) is -0.218. The van der Waals surface area contributed by atoms with Crippen LogP contribution in [-0.4, -0.2) is 58.5 Å². The number of benzene rings is 3. The second-order valence-corrected chi connectivity index (χ2v) is 13.0. The van der Waals surface area contributed by atoms with Crippen molar-refractivity contribution in [2.24, 2.45) is 0 Å². The SMILES string of the molecule is O=C(c1ccc(-c2cc(C(F)(F)F)nn2-c2ccccc2Cl)cc1)N1CCC(N(C2CC2)S(=O)(=O)c2ccccc2)CC1. The minimum atomic E-state index is -4.65. The molecule has 0 N–H and O–H groups in total. The third-order valence-corrected chi connectivity index (χ3v) is 10.2. The minimum Gasteiger partial charge on any atom is -0.339 e. The van der Waals surface area contributed by atoms with E-state index in [2.05, 4.69) is 5.10 Å². The maximum Gasteiger partial charge on any atom is 0.435 e. The van der Waals surface area contributed by atoms with Crippen LogP contribution < -0.4 is 0 Å².